The van der Waals surface area contributed by atoms with E-state index in [2.05, 4.69) is 6.07 Å². The summed E-state index contributed by atoms with van der Waals surface area (Å²) in [6.45, 7) is 0.389. The molecule has 1 saturated heterocycles. The lowest BCUT2D eigenvalue weighted by atomic mass is 9.84. The van der Waals surface area contributed by atoms with E-state index in [9.17, 15) is 9.59 Å². The first kappa shape index (κ1) is 18.7. The topological polar surface area (TPSA) is 64.4 Å². The number of amides is 2. The van der Waals surface area contributed by atoms with Gasteiger partial charge in [-0.25, -0.2) is 0 Å². The number of nitriles is 1. The molecule has 0 radical (unpaired) electrons. The minimum atomic E-state index is -0.446. The molecule has 1 saturated carbocycles. The molecule has 2 amide bonds. The van der Waals surface area contributed by atoms with Crippen LogP contribution in [-0.2, 0) is 4.79 Å². The van der Waals surface area contributed by atoms with E-state index < -0.39 is 6.04 Å². The second kappa shape index (κ2) is 8.09. The average Bonchev–Trinajstić information content (AvgIpc) is 3.04. The number of carbonyl (C=O) groups is 2. The van der Waals surface area contributed by atoms with Crippen molar-refractivity contribution in [3.63, 3.8) is 0 Å². The Morgan fingerprint density at radius 1 is 1.35 bits per heavy atom. The molecule has 1 aromatic rings. The molecule has 6 heteroatoms. The molecule has 0 aromatic heterocycles. The van der Waals surface area contributed by atoms with Gasteiger partial charge < -0.3 is 9.80 Å². The van der Waals surface area contributed by atoms with Gasteiger partial charge in [-0.2, -0.15) is 5.26 Å². The summed E-state index contributed by atoms with van der Waals surface area (Å²) in [6.07, 6.45) is 5.27. The molecule has 0 spiro atoms. The predicted octanol–water partition coefficient (Wildman–Crippen LogP) is 3.49. The molecule has 5 nitrogen and oxygen atoms in total. The van der Waals surface area contributed by atoms with Crippen molar-refractivity contribution in [2.75, 3.05) is 13.6 Å². The van der Waals surface area contributed by atoms with Crippen LogP contribution in [-0.4, -0.2) is 47.3 Å². The number of hydrogen-bond acceptors (Lipinski definition) is 3. The maximum Gasteiger partial charge on any atom is 0.254 e. The Bertz CT molecular complexity index is 730. The molecule has 0 N–H and O–H groups in total. The van der Waals surface area contributed by atoms with Crippen molar-refractivity contribution < 1.29 is 9.59 Å². The highest BCUT2D eigenvalue weighted by Gasteiger charge is 2.48. The number of hydrogen-bond donors (Lipinski definition) is 0. The Kier molecular flexibility index (Phi) is 5.83. The molecule has 3 rings (SSSR count). The number of benzene rings is 1. The zero-order chi connectivity index (χ0) is 18.7. The van der Waals surface area contributed by atoms with E-state index in [0.717, 1.165) is 25.7 Å². The van der Waals surface area contributed by atoms with Crippen LogP contribution in [0.4, 0.5) is 0 Å². The third-order valence-corrected chi connectivity index (χ3v) is 5.85. The van der Waals surface area contributed by atoms with Gasteiger partial charge in [-0.3, -0.25) is 9.59 Å². The van der Waals surface area contributed by atoms with Gasteiger partial charge in [-0.05, 0) is 43.4 Å². The minimum Gasteiger partial charge on any atom is -0.343 e. The summed E-state index contributed by atoms with van der Waals surface area (Å²) in [5.74, 6) is 0.198. The van der Waals surface area contributed by atoms with Crippen LogP contribution in [0.25, 0.3) is 0 Å². The number of fused-ring (bicyclic) bond motifs is 1. The highest BCUT2D eigenvalue weighted by molar-refractivity contribution is 6.31. The van der Waals surface area contributed by atoms with Gasteiger partial charge in [0.2, 0.25) is 5.91 Å². The number of nitrogens with zero attached hydrogens (tertiary/aromatic N) is 3. The van der Waals surface area contributed by atoms with E-state index in [0.29, 0.717) is 35.9 Å². The van der Waals surface area contributed by atoms with Crippen LogP contribution < -0.4 is 0 Å². The van der Waals surface area contributed by atoms with E-state index in [1.165, 1.54) is 0 Å². The Labute approximate surface area is 159 Å². The second-order valence-electron chi connectivity index (χ2n) is 7.25. The summed E-state index contributed by atoms with van der Waals surface area (Å²) < 4.78 is 0. The van der Waals surface area contributed by atoms with Gasteiger partial charge in [0, 0.05) is 30.2 Å². The van der Waals surface area contributed by atoms with Crippen LogP contribution in [0.15, 0.2) is 24.3 Å². The maximum absolute atomic E-state index is 13.2. The van der Waals surface area contributed by atoms with Gasteiger partial charge >= 0.3 is 0 Å². The molecule has 138 valence electrons. The molecule has 2 aliphatic rings. The first-order chi connectivity index (χ1) is 12.5. The summed E-state index contributed by atoms with van der Waals surface area (Å²) in [4.78, 5) is 29.6. The molecular formula is C20H24ClN3O2. The quantitative estimate of drug-likeness (QED) is 0.811. The molecule has 0 bridgehead atoms. The first-order valence-corrected chi connectivity index (χ1v) is 9.61. The molecule has 1 aliphatic heterocycles. The molecule has 1 aliphatic carbocycles. The second-order valence-corrected chi connectivity index (χ2v) is 7.69. The summed E-state index contributed by atoms with van der Waals surface area (Å²) in [5, 5.41) is 9.30. The number of halogens is 1. The zero-order valence-corrected chi connectivity index (χ0v) is 15.8. The summed E-state index contributed by atoms with van der Waals surface area (Å²) in [7, 11) is 1.71. The molecule has 3 atom stereocenters. The van der Waals surface area contributed by atoms with Crippen molar-refractivity contribution in [3.8, 4) is 6.07 Å². The van der Waals surface area contributed by atoms with Crippen molar-refractivity contribution in [3.05, 3.63) is 34.9 Å². The van der Waals surface area contributed by atoms with Gasteiger partial charge in [-0.15, -0.1) is 0 Å². The lowest BCUT2D eigenvalue weighted by molar-refractivity contribution is -0.134. The summed E-state index contributed by atoms with van der Waals surface area (Å²) in [5.41, 5.74) is 0.529. The van der Waals surface area contributed by atoms with E-state index in [1.807, 2.05) is 0 Å². The molecular weight excluding hydrogens is 350 g/mol. The fourth-order valence-corrected chi connectivity index (χ4v) is 4.52. The van der Waals surface area contributed by atoms with Gasteiger partial charge in [0.05, 0.1) is 12.5 Å². The van der Waals surface area contributed by atoms with E-state index in [-0.39, 0.29) is 17.9 Å². The number of rotatable bonds is 4. The van der Waals surface area contributed by atoms with E-state index in [1.54, 1.807) is 41.1 Å². The normalized spacial score (nSPS) is 24.7. The Hall–Kier alpha value is -2.06. The number of carbonyl (C=O) groups excluding carboxylic acids is 2. The average molecular weight is 374 g/mol. The summed E-state index contributed by atoms with van der Waals surface area (Å²) in [6, 6.07) is 8.67. The third-order valence-electron chi connectivity index (χ3n) is 5.61. The monoisotopic (exact) mass is 373 g/mol. The standard InChI is InChI=1S/C20H24ClN3O2/c1-23(11-5-10-22)20(26)18-13-14-6-2-3-9-17(14)24(18)19(25)15-7-4-8-16(21)12-15/h4,7-8,12,14,17-18H,2-3,5-6,9,11,13H2,1H3. The van der Waals surface area contributed by atoms with Crippen molar-refractivity contribution in [2.45, 2.75) is 50.6 Å². The highest BCUT2D eigenvalue weighted by Crippen LogP contribution is 2.41. The minimum absolute atomic E-state index is 0.0648. The lowest BCUT2D eigenvalue weighted by Crippen LogP contribution is -2.50. The SMILES string of the molecule is CN(CCC#N)C(=O)C1CC2CCCCC2N1C(=O)c1cccc(Cl)c1. The third kappa shape index (κ3) is 3.71. The molecule has 26 heavy (non-hydrogen) atoms. The largest absolute Gasteiger partial charge is 0.343 e. The Morgan fingerprint density at radius 2 is 2.12 bits per heavy atom. The van der Waals surface area contributed by atoms with Gasteiger partial charge in [0.15, 0.2) is 0 Å². The van der Waals surface area contributed by atoms with Crippen molar-refractivity contribution in [1.29, 1.82) is 5.26 Å². The van der Waals surface area contributed by atoms with Crippen LogP contribution in [0, 0.1) is 17.2 Å². The zero-order valence-electron chi connectivity index (χ0n) is 15.0. The first-order valence-electron chi connectivity index (χ1n) is 9.23. The van der Waals surface area contributed by atoms with E-state index in [4.69, 9.17) is 16.9 Å². The summed E-state index contributed by atoms with van der Waals surface area (Å²) >= 11 is 6.06. The van der Waals surface area contributed by atoms with Gasteiger partial charge in [0.1, 0.15) is 6.04 Å². The van der Waals surface area contributed by atoms with Crippen LogP contribution >= 0.6 is 11.6 Å². The van der Waals surface area contributed by atoms with Crippen molar-refractivity contribution in [2.24, 2.45) is 5.92 Å². The van der Waals surface area contributed by atoms with Crippen molar-refractivity contribution >= 4 is 23.4 Å². The highest BCUT2D eigenvalue weighted by atomic mass is 35.5. The van der Waals surface area contributed by atoms with Crippen LogP contribution in [0.1, 0.15) is 48.9 Å². The number of likely N-dealkylation sites (tertiary alicyclic amines) is 1. The van der Waals surface area contributed by atoms with Crippen LogP contribution in [0.3, 0.4) is 0 Å². The molecule has 1 aromatic carbocycles. The van der Waals surface area contributed by atoms with Gasteiger partial charge in [0.25, 0.3) is 5.91 Å². The smallest absolute Gasteiger partial charge is 0.254 e. The Balaban J connectivity index is 1.88. The van der Waals surface area contributed by atoms with Crippen molar-refractivity contribution in [1.82, 2.24) is 9.80 Å². The lowest BCUT2D eigenvalue weighted by Gasteiger charge is -2.34. The molecule has 3 unspecified atom stereocenters. The predicted molar refractivity (Wildman–Crippen MR) is 99.6 cm³/mol. The number of likely N-dealkylation sites (N-methyl/N-ethyl adjacent to an activating group) is 1. The van der Waals surface area contributed by atoms with Crippen LogP contribution in [0.5, 0.6) is 0 Å². The molecule has 1 heterocycles. The van der Waals surface area contributed by atoms with Crippen LogP contribution in [0.2, 0.25) is 5.02 Å². The molecule has 2 fully saturated rings. The fraction of sp³-hybridized carbons (Fsp3) is 0.550. The van der Waals surface area contributed by atoms with Gasteiger partial charge in [-0.1, -0.05) is 30.5 Å². The Morgan fingerprint density at radius 3 is 2.85 bits per heavy atom. The maximum atomic E-state index is 13.2. The fourth-order valence-electron chi connectivity index (χ4n) is 4.33. The van der Waals surface area contributed by atoms with E-state index >= 15 is 0 Å².